The van der Waals surface area contributed by atoms with E-state index in [1.54, 1.807) is 11.8 Å². The normalized spacial score (nSPS) is 20.3. The smallest absolute Gasteiger partial charge is 0.264 e. The molecule has 1 unspecified atom stereocenters. The third-order valence-corrected chi connectivity index (χ3v) is 4.95. The van der Waals surface area contributed by atoms with Crippen LogP contribution < -0.4 is 5.32 Å². The minimum atomic E-state index is -0.391. The second kappa shape index (κ2) is 4.78. The molecule has 0 spiro atoms. The topological polar surface area (TPSA) is 49.4 Å². The van der Waals surface area contributed by atoms with Crippen molar-refractivity contribution in [3.8, 4) is 0 Å². The lowest BCUT2D eigenvalue weighted by molar-refractivity contribution is -0.127. The molecule has 1 aromatic heterocycles. The molecule has 92 valence electrons. The number of nitrogens with one attached hydrogen (secondary N) is 1. The van der Waals surface area contributed by atoms with Gasteiger partial charge in [-0.3, -0.25) is 9.59 Å². The fourth-order valence-electron chi connectivity index (χ4n) is 1.77. The Labute approximate surface area is 112 Å². The largest absolute Gasteiger partial charge is 0.353 e. The van der Waals surface area contributed by atoms with Gasteiger partial charge >= 0.3 is 0 Å². The van der Waals surface area contributed by atoms with Crippen LogP contribution in [0.4, 0.5) is 0 Å². The molecule has 1 fully saturated rings. The van der Waals surface area contributed by atoms with Crippen molar-refractivity contribution >= 4 is 39.1 Å². The van der Waals surface area contributed by atoms with E-state index in [4.69, 9.17) is 0 Å². The molecular weight excluding hydrogens is 304 g/mol. The van der Waals surface area contributed by atoms with Gasteiger partial charge in [0, 0.05) is 13.1 Å². The second-order valence-electron chi connectivity index (χ2n) is 4.03. The number of carbonyl (C=O) groups excluding carboxylic acids is 2. The second-order valence-corrected chi connectivity index (χ2v) is 6.40. The highest BCUT2D eigenvalue weighted by atomic mass is 79.9. The number of amides is 2. The van der Waals surface area contributed by atoms with Crippen LogP contribution in [0.15, 0.2) is 9.85 Å². The molecule has 2 heterocycles. The molecule has 0 bridgehead atoms. The van der Waals surface area contributed by atoms with E-state index in [1.165, 1.54) is 11.3 Å². The number of hydrogen-bond acceptors (Lipinski definition) is 3. The molecule has 0 aliphatic carbocycles. The number of piperazine rings is 1. The summed E-state index contributed by atoms with van der Waals surface area (Å²) < 4.78 is 0.968. The van der Waals surface area contributed by atoms with Gasteiger partial charge in [-0.05, 0) is 41.4 Å². The van der Waals surface area contributed by atoms with Crippen LogP contribution in [0.5, 0.6) is 0 Å². The van der Waals surface area contributed by atoms with Crippen molar-refractivity contribution < 1.29 is 9.59 Å². The Bertz CT molecular complexity index is 453. The Hall–Kier alpha value is -0.880. The zero-order chi connectivity index (χ0) is 12.6. The number of thiophene rings is 1. The van der Waals surface area contributed by atoms with Gasteiger partial charge in [0.05, 0.1) is 8.66 Å². The lowest BCUT2D eigenvalue weighted by Crippen LogP contribution is -2.55. The van der Waals surface area contributed by atoms with E-state index < -0.39 is 6.04 Å². The van der Waals surface area contributed by atoms with E-state index in [0.29, 0.717) is 18.0 Å². The van der Waals surface area contributed by atoms with E-state index >= 15 is 0 Å². The molecule has 4 nitrogen and oxygen atoms in total. The molecule has 0 radical (unpaired) electrons. The summed E-state index contributed by atoms with van der Waals surface area (Å²) >= 11 is 4.82. The number of aryl methyl sites for hydroxylation is 1. The molecule has 0 saturated carbocycles. The Morgan fingerprint density at radius 1 is 1.65 bits per heavy atom. The maximum atomic E-state index is 12.3. The van der Waals surface area contributed by atoms with Crippen LogP contribution in [0.2, 0.25) is 0 Å². The third kappa shape index (κ3) is 2.37. The highest BCUT2D eigenvalue weighted by Crippen LogP contribution is 2.28. The number of rotatable bonds is 1. The number of halogens is 1. The van der Waals surface area contributed by atoms with Crippen molar-refractivity contribution in [1.29, 1.82) is 0 Å². The van der Waals surface area contributed by atoms with E-state index in [-0.39, 0.29) is 11.8 Å². The monoisotopic (exact) mass is 316 g/mol. The summed E-state index contributed by atoms with van der Waals surface area (Å²) in [6, 6.07) is 1.47. The Morgan fingerprint density at radius 2 is 2.35 bits per heavy atom. The predicted octanol–water partition coefficient (Wildman–Crippen LogP) is 1.78. The molecule has 1 saturated heterocycles. The first-order chi connectivity index (χ1) is 8.00. The number of nitrogens with zero attached hydrogens (tertiary/aromatic N) is 1. The fraction of sp³-hybridized carbons (Fsp3) is 0.455. The predicted molar refractivity (Wildman–Crippen MR) is 70.3 cm³/mol. The number of hydrogen-bond donors (Lipinski definition) is 1. The quantitative estimate of drug-likeness (QED) is 0.858. The van der Waals surface area contributed by atoms with Crippen LogP contribution >= 0.6 is 27.3 Å². The van der Waals surface area contributed by atoms with Crippen molar-refractivity contribution in [3.63, 3.8) is 0 Å². The molecule has 1 aromatic rings. The summed E-state index contributed by atoms with van der Waals surface area (Å²) in [6.07, 6.45) is 0. The molecule has 1 aliphatic rings. The third-order valence-electron chi connectivity index (χ3n) is 2.83. The van der Waals surface area contributed by atoms with E-state index in [9.17, 15) is 9.59 Å². The first kappa shape index (κ1) is 12.6. The van der Waals surface area contributed by atoms with Gasteiger partial charge in [-0.15, -0.1) is 11.3 Å². The lowest BCUT2D eigenvalue weighted by atomic mass is 10.2. The standard InChI is InChI=1S/C11H13BrN2O2S/c1-6-5-8(17-9(6)12)11(16)14-4-3-13-10(15)7(14)2/h5,7H,3-4H2,1-2H3,(H,13,15). The average Bonchev–Trinajstić information content (AvgIpc) is 2.62. The lowest BCUT2D eigenvalue weighted by Gasteiger charge is -2.32. The maximum Gasteiger partial charge on any atom is 0.264 e. The maximum absolute atomic E-state index is 12.3. The summed E-state index contributed by atoms with van der Waals surface area (Å²) in [5, 5.41) is 2.75. The molecule has 1 aliphatic heterocycles. The first-order valence-corrected chi connectivity index (χ1v) is 6.96. The minimum absolute atomic E-state index is 0.0637. The van der Waals surface area contributed by atoms with Crippen LogP contribution in [0, 0.1) is 6.92 Å². The van der Waals surface area contributed by atoms with Crippen molar-refractivity contribution in [1.82, 2.24) is 10.2 Å². The Morgan fingerprint density at radius 3 is 2.94 bits per heavy atom. The van der Waals surface area contributed by atoms with Crippen LogP contribution in [-0.2, 0) is 4.79 Å². The van der Waals surface area contributed by atoms with Gasteiger partial charge in [0.15, 0.2) is 0 Å². The molecule has 1 atom stereocenters. The van der Waals surface area contributed by atoms with E-state index in [2.05, 4.69) is 21.2 Å². The zero-order valence-corrected chi connectivity index (χ0v) is 12.0. The summed E-state index contributed by atoms with van der Waals surface area (Å²) in [5.74, 6) is -0.150. The minimum Gasteiger partial charge on any atom is -0.353 e. The van der Waals surface area contributed by atoms with Gasteiger partial charge in [0.25, 0.3) is 5.91 Å². The van der Waals surface area contributed by atoms with Crippen molar-refractivity contribution in [2.75, 3.05) is 13.1 Å². The van der Waals surface area contributed by atoms with Gasteiger partial charge in [0.2, 0.25) is 5.91 Å². The van der Waals surface area contributed by atoms with Gasteiger partial charge in [-0.2, -0.15) is 0 Å². The van der Waals surface area contributed by atoms with Gasteiger partial charge < -0.3 is 10.2 Å². The molecule has 1 N–H and O–H groups in total. The molecular formula is C11H13BrN2O2S. The molecule has 2 rings (SSSR count). The average molecular weight is 317 g/mol. The van der Waals surface area contributed by atoms with E-state index in [1.807, 2.05) is 13.0 Å². The summed E-state index contributed by atoms with van der Waals surface area (Å²) in [7, 11) is 0. The SMILES string of the molecule is Cc1cc(C(=O)N2CCNC(=O)C2C)sc1Br. The molecule has 0 aromatic carbocycles. The Kier molecular flexibility index (Phi) is 3.53. The highest BCUT2D eigenvalue weighted by molar-refractivity contribution is 9.11. The first-order valence-electron chi connectivity index (χ1n) is 5.35. The number of carbonyl (C=O) groups is 2. The summed E-state index contributed by atoms with van der Waals surface area (Å²) in [4.78, 5) is 26.1. The van der Waals surface area contributed by atoms with Gasteiger partial charge in [-0.25, -0.2) is 0 Å². The summed E-state index contributed by atoms with van der Waals surface area (Å²) in [5.41, 5.74) is 1.05. The van der Waals surface area contributed by atoms with Crippen LogP contribution in [0.1, 0.15) is 22.2 Å². The Balaban J connectivity index is 2.22. The van der Waals surface area contributed by atoms with Crippen LogP contribution in [0.25, 0.3) is 0 Å². The van der Waals surface area contributed by atoms with Gasteiger partial charge in [-0.1, -0.05) is 0 Å². The van der Waals surface area contributed by atoms with Gasteiger partial charge in [0.1, 0.15) is 6.04 Å². The molecule has 2 amide bonds. The highest BCUT2D eigenvalue weighted by Gasteiger charge is 2.30. The zero-order valence-electron chi connectivity index (χ0n) is 9.62. The van der Waals surface area contributed by atoms with Crippen LogP contribution in [-0.4, -0.2) is 35.8 Å². The van der Waals surface area contributed by atoms with E-state index in [0.717, 1.165) is 9.35 Å². The van der Waals surface area contributed by atoms with Crippen molar-refractivity contribution in [2.45, 2.75) is 19.9 Å². The fourth-order valence-corrected chi connectivity index (χ4v) is 3.26. The van der Waals surface area contributed by atoms with Crippen LogP contribution in [0.3, 0.4) is 0 Å². The summed E-state index contributed by atoms with van der Waals surface area (Å²) in [6.45, 7) is 4.80. The molecule has 6 heteroatoms. The van der Waals surface area contributed by atoms with Crippen molar-refractivity contribution in [2.24, 2.45) is 0 Å². The molecule has 17 heavy (non-hydrogen) atoms. The van der Waals surface area contributed by atoms with Crippen molar-refractivity contribution in [3.05, 3.63) is 20.3 Å².